The summed E-state index contributed by atoms with van der Waals surface area (Å²) in [6.07, 6.45) is 2.18. The highest BCUT2D eigenvalue weighted by Gasteiger charge is 2.11. The summed E-state index contributed by atoms with van der Waals surface area (Å²) >= 11 is 0. The zero-order chi connectivity index (χ0) is 14.7. The van der Waals surface area contributed by atoms with E-state index in [9.17, 15) is 4.79 Å². The Bertz CT molecular complexity index is 772. The third-order valence-corrected chi connectivity index (χ3v) is 3.36. The first-order valence-electron chi connectivity index (χ1n) is 6.95. The van der Waals surface area contributed by atoms with E-state index in [1.807, 2.05) is 18.2 Å². The Kier molecular flexibility index (Phi) is 3.69. The van der Waals surface area contributed by atoms with Crippen LogP contribution in [0.3, 0.4) is 0 Å². The summed E-state index contributed by atoms with van der Waals surface area (Å²) in [5, 5.41) is 2.40. The second kappa shape index (κ2) is 5.79. The number of aromatic amines is 1. The quantitative estimate of drug-likeness (QED) is 0.746. The summed E-state index contributed by atoms with van der Waals surface area (Å²) in [7, 11) is 0. The van der Waals surface area contributed by atoms with Crippen LogP contribution in [0.4, 0.5) is 0 Å². The fraction of sp³-hybridized carbons (Fsp3) is 0.176. The van der Waals surface area contributed by atoms with E-state index < -0.39 is 0 Å². The molecule has 0 unspecified atom stereocenters. The lowest BCUT2D eigenvalue weighted by molar-refractivity contribution is 0.0520. The zero-order valence-electron chi connectivity index (χ0n) is 11.8. The van der Waals surface area contributed by atoms with Crippen molar-refractivity contribution < 1.29 is 9.53 Å². The van der Waals surface area contributed by atoms with E-state index in [0.717, 1.165) is 5.82 Å². The van der Waals surface area contributed by atoms with Crippen molar-refractivity contribution in [2.24, 2.45) is 0 Å². The molecule has 0 fully saturated rings. The number of nitrogens with zero attached hydrogens (tertiary/aromatic N) is 1. The average Bonchev–Trinajstić information content (AvgIpc) is 2.97. The molecule has 0 saturated heterocycles. The monoisotopic (exact) mass is 280 g/mol. The molecule has 1 heterocycles. The number of carbonyl (C=O) groups excluding carboxylic acids is 1. The second-order valence-electron chi connectivity index (χ2n) is 4.78. The van der Waals surface area contributed by atoms with Gasteiger partial charge in [0.2, 0.25) is 0 Å². The molecule has 0 spiro atoms. The van der Waals surface area contributed by atoms with Crippen LogP contribution in [0, 0.1) is 0 Å². The molecule has 0 radical (unpaired) electrons. The molecule has 4 nitrogen and oxygen atoms in total. The van der Waals surface area contributed by atoms with E-state index in [0.29, 0.717) is 18.7 Å². The van der Waals surface area contributed by atoms with Crippen molar-refractivity contribution in [3.05, 3.63) is 65.7 Å². The van der Waals surface area contributed by atoms with Gasteiger partial charge in [-0.25, -0.2) is 9.78 Å². The largest absolute Gasteiger partial charge is 0.461 e. The van der Waals surface area contributed by atoms with Gasteiger partial charge in [-0.05, 0) is 23.3 Å². The van der Waals surface area contributed by atoms with E-state index in [1.165, 1.54) is 22.5 Å². The highest BCUT2D eigenvalue weighted by Crippen LogP contribution is 2.20. The Balaban J connectivity index is 1.87. The minimum Gasteiger partial charge on any atom is -0.461 e. The Morgan fingerprint density at radius 1 is 1.19 bits per heavy atom. The predicted octanol–water partition coefficient (Wildman–Crippen LogP) is 3.33. The highest BCUT2D eigenvalue weighted by molar-refractivity contribution is 5.87. The number of carbonyl (C=O) groups is 1. The molecule has 3 aromatic rings. The summed E-state index contributed by atoms with van der Waals surface area (Å²) < 4.78 is 4.95. The van der Waals surface area contributed by atoms with Crippen LogP contribution in [0.2, 0.25) is 0 Å². The molecule has 0 amide bonds. The average molecular weight is 280 g/mol. The minimum absolute atomic E-state index is 0.358. The Morgan fingerprint density at radius 3 is 2.86 bits per heavy atom. The molecule has 0 aliphatic heterocycles. The van der Waals surface area contributed by atoms with Crippen molar-refractivity contribution in [1.29, 1.82) is 0 Å². The van der Waals surface area contributed by atoms with Crippen molar-refractivity contribution in [2.75, 3.05) is 6.61 Å². The lowest BCUT2D eigenvalue weighted by Crippen LogP contribution is -2.05. The van der Waals surface area contributed by atoms with Gasteiger partial charge < -0.3 is 9.72 Å². The van der Waals surface area contributed by atoms with Crippen molar-refractivity contribution in [2.45, 2.75) is 13.3 Å². The number of imidazole rings is 1. The van der Waals surface area contributed by atoms with Crippen LogP contribution in [-0.2, 0) is 11.2 Å². The first kappa shape index (κ1) is 13.4. The van der Waals surface area contributed by atoms with E-state index in [1.54, 1.807) is 6.92 Å². The predicted molar refractivity (Wildman–Crippen MR) is 81.3 cm³/mol. The maximum Gasteiger partial charge on any atom is 0.356 e. The van der Waals surface area contributed by atoms with Crippen molar-refractivity contribution in [3.63, 3.8) is 0 Å². The number of esters is 1. The number of H-pyrrole nitrogens is 1. The molecule has 106 valence electrons. The van der Waals surface area contributed by atoms with Crippen LogP contribution in [0.15, 0.2) is 48.7 Å². The standard InChI is InChI=1S/C17H16N2O2/c1-2-21-17(20)15-11-18-16(19-15)10-13-8-5-7-12-6-3-4-9-14(12)13/h3-9,11H,2,10H2,1H3,(H,18,19). The molecular weight excluding hydrogens is 264 g/mol. The molecule has 0 aliphatic carbocycles. The van der Waals surface area contributed by atoms with Gasteiger partial charge in [-0.3, -0.25) is 0 Å². The van der Waals surface area contributed by atoms with Gasteiger partial charge in [0.05, 0.1) is 12.8 Å². The van der Waals surface area contributed by atoms with Gasteiger partial charge >= 0.3 is 5.97 Å². The molecule has 0 aliphatic rings. The number of nitrogens with one attached hydrogen (secondary N) is 1. The van der Waals surface area contributed by atoms with Crippen LogP contribution in [0.25, 0.3) is 10.8 Å². The van der Waals surface area contributed by atoms with Gasteiger partial charge in [-0.15, -0.1) is 0 Å². The molecule has 3 rings (SSSR count). The lowest BCUT2D eigenvalue weighted by atomic mass is 10.0. The number of rotatable bonds is 4. The van der Waals surface area contributed by atoms with E-state index in [-0.39, 0.29) is 5.97 Å². The molecule has 0 bridgehead atoms. The maximum atomic E-state index is 11.6. The van der Waals surface area contributed by atoms with Gasteiger partial charge in [0.15, 0.2) is 0 Å². The summed E-state index contributed by atoms with van der Waals surface area (Å²) in [6.45, 7) is 2.14. The van der Waals surface area contributed by atoms with Crippen LogP contribution in [0.5, 0.6) is 0 Å². The van der Waals surface area contributed by atoms with Crippen molar-refractivity contribution in [1.82, 2.24) is 9.97 Å². The smallest absolute Gasteiger partial charge is 0.356 e. The minimum atomic E-state index is -0.367. The summed E-state index contributed by atoms with van der Waals surface area (Å²) in [5.41, 5.74) is 1.57. The number of hydrogen-bond acceptors (Lipinski definition) is 3. The number of ether oxygens (including phenoxy) is 1. The summed E-state index contributed by atoms with van der Waals surface area (Å²) in [6, 6.07) is 14.4. The highest BCUT2D eigenvalue weighted by atomic mass is 16.5. The van der Waals surface area contributed by atoms with Crippen LogP contribution in [-0.4, -0.2) is 22.5 Å². The molecule has 0 atom stereocenters. The van der Waals surface area contributed by atoms with Crippen molar-refractivity contribution >= 4 is 16.7 Å². The first-order valence-corrected chi connectivity index (χ1v) is 6.95. The molecule has 21 heavy (non-hydrogen) atoms. The molecule has 1 aromatic heterocycles. The van der Waals surface area contributed by atoms with Gasteiger partial charge in [0.25, 0.3) is 0 Å². The lowest BCUT2D eigenvalue weighted by Gasteiger charge is -2.04. The molecule has 0 saturated carbocycles. The zero-order valence-corrected chi connectivity index (χ0v) is 11.8. The van der Waals surface area contributed by atoms with Crippen LogP contribution < -0.4 is 0 Å². The fourth-order valence-electron chi connectivity index (χ4n) is 2.39. The molecule has 2 aromatic carbocycles. The van der Waals surface area contributed by atoms with Gasteiger partial charge in [0.1, 0.15) is 11.5 Å². The van der Waals surface area contributed by atoms with Crippen LogP contribution in [0.1, 0.15) is 28.8 Å². The second-order valence-corrected chi connectivity index (χ2v) is 4.78. The van der Waals surface area contributed by atoms with E-state index in [2.05, 4.69) is 34.2 Å². The van der Waals surface area contributed by atoms with E-state index >= 15 is 0 Å². The molecule has 1 N–H and O–H groups in total. The Morgan fingerprint density at radius 2 is 2.00 bits per heavy atom. The summed E-state index contributed by atoms with van der Waals surface area (Å²) in [4.78, 5) is 18.9. The van der Waals surface area contributed by atoms with Gasteiger partial charge in [-0.2, -0.15) is 0 Å². The third kappa shape index (κ3) is 2.79. The SMILES string of the molecule is CCOC(=O)c1cnc(Cc2cccc3ccccc23)[nH]1. The van der Waals surface area contributed by atoms with Gasteiger partial charge in [0, 0.05) is 6.42 Å². The normalized spacial score (nSPS) is 10.7. The van der Waals surface area contributed by atoms with E-state index in [4.69, 9.17) is 4.74 Å². The Hall–Kier alpha value is -2.62. The topological polar surface area (TPSA) is 55.0 Å². The Labute approximate surface area is 122 Å². The van der Waals surface area contributed by atoms with Crippen LogP contribution >= 0.6 is 0 Å². The molecule has 4 heteroatoms. The molecular formula is C17H16N2O2. The third-order valence-electron chi connectivity index (χ3n) is 3.36. The first-order chi connectivity index (χ1) is 10.3. The fourth-order valence-corrected chi connectivity index (χ4v) is 2.39. The number of aromatic nitrogens is 2. The number of hydrogen-bond donors (Lipinski definition) is 1. The summed E-state index contributed by atoms with van der Waals surface area (Å²) in [5.74, 6) is 0.392. The number of benzene rings is 2. The number of fused-ring (bicyclic) bond motifs is 1. The van der Waals surface area contributed by atoms with Crippen molar-refractivity contribution in [3.8, 4) is 0 Å². The van der Waals surface area contributed by atoms with Gasteiger partial charge in [-0.1, -0.05) is 42.5 Å². The maximum absolute atomic E-state index is 11.6.